The first-order chi connectivity index (χ1) is 5.84. The highest BCUT2D eigenvalue weighted by Gasteiger charge is 2.33. The molecule has 0 aromatic carbocycles. The smallest absolute Gasteiger partial charge is 0.189 e. The fourth-order valence-electron chi connectivity index (χ4n) is 0.318. The Bertz CT molecular complexity index is 515. The van der Waals surface area contributed by atoms with Crippen LogP contribution in [0.25, 0.3) is 0 Å². The molecule has 0 rings (SSSR count). The molecule has 12 heteroatoms. The van der Waals surface area contributed by atoms with Gasteiger partial charge in [-0.15, -0.1) is 3.89 Å². The van der Waals surface area contributed by atoms with E-state index in [-0.39, 0.29) is 5.41 Å². The molecule has 14 heavy (non-hydrogen) atoms. The topological polar surface area (TPSA) is 102 Å². The Labute approximate surface area is 77.7 Å². The Balaban J connectivity index is 6.03. The minimum Gasteiger partial charge on any atom is -0.189 e. The van der Waals surface area contributed by atoms with Crippen LogP contribution >= 0.6 is 0 Å². The predicted octanol–water partition coefficient (Wildman–Crippen LogP) is -0.514. The molecular formula is C2F3O6S3. The largest absolute Gasteiger partial charge is 0.347 e. The van der Waals surface area contributed by atoms with E-state index in [1.54, 1.807) is 0 Å². The van der Waals surface area contributed by atoms with Crippen LogP contribution in [0.5, 0.6) is 0 Å². The Morgan fingerprint density at radius 2 is 1.07 bits per heavy atom. The third kappa shape index (κ3) is 4.57. The monoisotopic (exact) mass is 273 g/mol. The van der Waals surface area contributed by atoms with Gasteiger partial charge in [-0.1, -0.05) is 7.77 Å². The summed E-state index contributed by atoms with van der Waals surface area (Å²) >= 11 is 0. The molecule has 1 radical (unpaired) electrons. The van der Waals surface area contributed by atoms with E-state index >= 15 is 0 Å². The van der Waals surface area contributed by atoms with E-state index in [9.17, 15) is 36.9 Å². The van der Waals surface area contributed by atoms with Gasteiger partial charge in [0.1, 0.15) is 0 Å². The zero-order chi connectivity index (χ0) is 11.8. The minimum absolute atomic E-state index is 0.0324. The average molecular weight is 273 g/mol. The Hall–Kier alpha value is -0.620. The van der Waals surface area contributed by atoms with E-state index in [1.807, 2.05) is 0 Å². The first-order valence-corrected chi connectivity index (χ1v) is 6.48. The Kier molecular flexibility index (Phi) is 3.35. The van der Waals surface area contributed by atoms with Gasteiger partial charge in [-0.05, 0) is 0 Å². The van der Waals surface area contributed by atoms with Crippen molar-refractivity contribution >= 4 is 30.7 Å². The van der Waals surface area contributed by atoms with Crippen LogP contribution in [0.15, 0.2) is 4.24 Å². The lowest BCUT2D eigenvalue weighted by Crippen LogP contribution is -2.07. The standard InChI is InChI=1S/C2F3O6S3/c3-12(6,7)1-2(13(4,8)9)14(5,10)11. The molecule has 0 aliphatic heterocycles. The van der Waals surface area contributed by atoms with Crippen molar-refractivity contribution in [2.45, 2.75) is 0 Å². The summed E-state index contributed by atoms with van der Waals surface area (Å²) < 4.78 is 91.3. The molecule has 0 aliphatic rings. The Morgan fingerprint density at radius 3 is 1.14 bits per heavy atom. The van der Waals surface area contributed by atoms with Gasteiger partial charge in [0.2, 0.25) is 4.24 Å². The van der Waals surface area contributed by atoms with E-state index in [0.717, 1.165) is 0 Å². The lowest BCUT2D eigenvalue weighted by molar-refractivity contribution is 0.545. The third-order valence-corrected chi connectivity index (χ3v) is 3.64. The van der Waals surface area contributed by atoms with E-state index in [4.69, 9.17) is 0 Å². The van der Waals surface area contributed by atoms with Gasteiger partial charge in [0, 0.05) is 0 Å². The molecule has 0 aromatic rings. The van der Waals surface area contributed by atoms with Crippen molar-refractivity contribution in [1.29, 1.82) is 0 Å². The summed E-state index contributed by atoms with van der Waals surface area (Å²) in [5, 5.41) is 0.0324. The van der Waals surface area contributed by atoms with Crippen molar-refractivity contribution in [2.75, 3.05) is 0 Å². The quantitative estimate of drug-likeness (QED) is 0.641. The van der Waals surface area contributed by atoms with Crippen molar-refractivity contribution in [3.8, 4) is 0 Å². The number of halogens is 3. The molecule has 83 valence electrons. The lowest BCUT2D eigenvalue weighted by atomic mass is 11.2. The normalized spacial score (nSPS) is 13.6. The maximum Gasteiger partial charge on any atom is 0.347 e. The molecule has 6 nitrogen and oxygen atoms in total. The summed E-state index contributed by atoms with van der Waals surface area (Å²) in [7, 11) is -18.4. The third-order valence-electron chi connectivity index (χ3n) is 0.648. The van der Waals surface area contributed by atoms with E-state index in [1.165, 1.54) is 0 Å². The van der Waals surface area contributed by atoms with Crippen LogP contribution in [0.4, 0.5) is 11.7 Å². The van der Waals surface area contributed by atoms with Gasteiger partial charge in [0.25, 0.3) is 0 Å². The SMILES string of the molecule is O=S(=O)(F)[C]=C(S(=O)(=O)F)S(=O)(=O)F. The molecule has 0 amide bonds. The van der Waals surface area contributed by atoms with Crippen molar-refractivity contribution in [3.05, 3.63) is 9.65 Å². The van der Waals surface area contributed by atoms with Gasteiger partial charge < -0.3 is 0 Å². The van der Waals surface area contributed by atoms with Crippen LogP contribution in [-0.2, 0) is 30.7 Å². The highest BCUT2D eigenvalue weighted by atomic mass is 32.3. The molecular weight excluding hydrogens is 273 g/mol. The second kappa shape index (κ2) is 3.51. The fourth-order valence-corrected chi connectivity index (χ4v) is 2.86. The molecule has 0 fully saturated rings. The van der Waals surface area contributed by atoms with Crippen LogP contribution in [0.3, 0.4) is 0 Å². The van der Waals surface area contributed by atoms with Gasteiger partial charge in [-0.2, -0.15) is 25.3 Å². The van der Waals surface area contributed by atoms with Gasteiger partial charge >= 0.3 is 30.7 Å². The second-order valence-corrected chi connectivity index (χ2v) is 5.61. The molecule has 0 aromatic heterocycles. The highest BCUT2D eigenvalue weighted by Crippen LogP contribution is 2.19. The zero-order valence-corrected chi connectivity index (χ0v) is 8.26. The molecule has 0 N–H and O–H groups in total. The van der Waals surface area contributed by atoms with E-state index in [0.29, 0.717) is 0 Å². The molecule has 0 bridgehead atoms. The van der Waals surface area contributed by atoms with Gasteiger partial charge in [0.15, 0.2) is 5.41 Å². The van der Waals surface area contributed by atoms with Crippen molar-refractivity contribution in [3.63, 3.8) is 0 Å². The molecule has 0 saturated carbocycles. The Morgan fingerprint density at radius 1 is 0.786 bits per heavy atom. The number of hydrogen-bond acceptors (Lipinski definition) is 6. The van der Waals surface area contributed by atoms with Gasteiger partial charge in [-0.3, -0.25) is 0 Å². The van der Waals surface area contributed by atoms with Crippen molar-refractivity contribution < 1.29 is 36.9 Å². The second-order valence-electron chi connectivity index (χ2n) is 1.70. The first kappa shape index (κ1) is 13.4. The van der Waals surface area contributed by atoms with E-state index in [2.05, 4.69) is 0 Å². The summed E-state index contributed by atoms with van der Waals surface area (Å²) in [6.07, 6.45) is 0. The summed E-state index contributed by atoms with van der Waals surface area (Å²) in [6.45, 7) is 0. The number of hydrogen-bond donors (Lipinski definition) is 0. The lowest BCUT2D eigenvalue weighted by Gasteiger charge is -1.92. The maximum atomic E-state index is 11.9. The van der Waals surface area contributed by atoms with Crippen LogP contribution in [0.2, 0.25) is 0 Å². The van der Waals surface area contributed by atoms with Crippen molar-refractivity contribution in [1.82, 2.24) is 0 Å². The molecule has 0 spiro atoms. The van der Waals surface area contributed by atoms with Crippen LogP contribution in [0.1, 0.15) is 0 Å². The van der Waals surface area contributed by atoms with Crippen LogP contribution < -0.4 is 0 Å². The minimum atomic E-state index is -6.23. The molecule has 0 heterocycles. The highest BCUT2D eigenvalue weighted by molar-refractivity contribution is 8.10. The summed E-state index contributed by atoms with van der Waals surface area (Å²) in [6, 6.07) is 0. The summed E-state index contributed by atoms with van der Waals surface area (Å²) in [4.78, 5) is 0. The summed E-state index contributed by atoms with van der Waals surface area (Å²) in [5.41, 5.74) is 0. The molecule has 0 saturated heterocycles. The average Bonchev–Trinajstić information content (AvgIpc) is 1.75. The van der Waals surface area contributed by atoms with E-state index < -0.39 is 34.9 Å². The van der Waals surface area contributed by atoms with Gasteiger partial charge in [0.05, 0.1) is 0 Å². The molecule has 0 aliphatic carbocycles. The van der Waals surface area contributed by atoms with Crippen LogP contribution in [0, 0.1) is 5.41 Å². The fraction of sp³-hybridized carbons (Fsp3) is 0. The van der Waals surface area contributed by atoms with Gasteiger partial charge in [-0.25, -0.2) is 0 Å². The van der Waals surface area contributed by atoms with Crippen LogP contribution in [-0.4, -0.2) is 25.3 Å². The first-order valence-electron chi connectivity index (χ1n) is 2.33. The molecule has 0 unspecified atom stereocenters. The zero-order valence-electron chi connectivity index (χ0n) is 5.81. The summed E-state index contributed by atoms with van der Waals surface area (Å²) in [5.74, 6) is 0. The predicted molar refractivity (Wildman–Crippen MR) is 36.8 cm³/mol. The number of rotatable bonds is 3. The maximum absolute atomic E-state index is 11.9. The van der Waals surface area contributed by atoms with Crippen molar-refractivity contribution in [2.24, 2.45) is 0 Å². The molecule has 0 atom stereocenters.